The molecule has 4 nitrogen and oxygen atoms in total. The highest BCUT2D eigenvalue weighted by Gasteiger charge is 2.13. The summed E-state index contributed by atoms with van der Waals surface area (Å²) >= 11 is 1.22. The van der Waals surface area contributed by atoms with Gasteiger partial charge in [0, 0.05) is 17.6 Å². The maximum absolute atomic E-state index is 13.0. The van der Waals surface area contributed by atoms with E-state index in [0.29, 0.717) is 17.3 Å². The Bertz CT molecular complexity index is 542. The molecule has 17 heavy (non-hydrogen) atoms. The number of thiazole rings is 1. The van der Waals surface area contributed by atoms with Gasteiger partial charge >= 0.3 is 5.97 Å². The summed E-state index contributed by atoms with van der Waals surface area (Å²) in [5, 5.41) is 2.06. The minimum atomic E-state index is -0.480. The number of nitrogens with zero attached hydrogens (tertiary/aromatic N) is 2. The molecule has 0 amide bonds. The molecule has 0 saturated heterocycles. The van der Waals surface area contributed by atoms with Crippen LogP contribution in [0.25, 0.3) is 10.7 Å². The van der Waals surface area contributed by atoms with Crippen molar-refractivity contribution in [2.45, 2.75) is 6.92 Å². The lowest BCUT2D eigenvalue weighted by atomic mass is 10.3. The van der Waals surface area contributed by atoms with Gasteiger partial charge in [-0.15, -0.1) is 11.3 Å². The molecule has 0 unspecified atom stereocenters. The summed E-state index contributed by atoms with van der Waals surface area (Å²) < 4.78 is 17.8. The summed E-state index contributed by atoms with van der Waals surface area (Å²) in [5.74, 6) is -0.866. The third-order valence-electron chi connectivity index (χ3n) is 1.93. The van der Waals surface area contributed by atoms with Gasteiger partial charge in [-0.1, -0.05) is 0 Å². The quantitative estimate of drug-likeness (QED) is 0.788. The first-order chi connectivity index (χ1) is 8.20. The molecule has 0 bridgehead atoms. The fraction of sp³-hybridized carbons (Fsp3) is 0.182. The van der Waals surface area contributed by atoms with E-state index in [1.54, 1.807) is 12.3 Å². The van der Waals surface area contributed by atoms with E-state index in [1.807, 2.05) is 0 Å². The highest BCUT2D eigenvalue weighted by molar-refractivity contribution is 7.13. The number of carbonyl (C=O) groups is 1. The van der Waals surface area contributed by atoms with E-state index in [0.717, 1.165) is 0 Å². The zero-order valence-corrected chi connectivity index (χ0v) is 9.83. The first-order valence-corrected chi connectivity index (χ1v) is 5.83. The molecule has 0 saturated carbocycles. The molecule has 2 heterocycles. The van der Waals surface area contributed by atoms with Gasteiger partial charge in [0.2, 0.25) is 0 Å². The summed E-state index contributed by atoms with van der Waals surface area (Å²) in [7, 11) is 0. The number of pyridine rings is 1. The second-order valence-electron chi connectivity index (χ2n) is 3.12. The third kappa shape index (κ3) is 2.65. The van der Waals surface area contributed by atoms with Gasteiger partial charge in [-0.3, -0.25) is 4.98 Å². The number of hydrogen-bond donors (Lipinski definition) is 0. The van der Waals surface area contributed by atoms with Crippen molar-refractivity contribution in [3.05, 3.63) is 35.2 Å². The fourth-order valence-electron chi connectivity index (χ4n) is 1.21. The molecule has 0 aliphatic rings. The van der Waals surface area contributed by atoms with Crippen LogP contribution in [-0.2, 0) is 4.74 Å². The summed E-state index contributed by atoms with van der Waals surface area (Å²) in [5.41, 5.74) is 0.628. The van der Waals surface area contributed by atoms with Crippen molar-refractivity contribution in [3.8, 4) is 10.7 Å². The molecule has 0 radical (unpaired) electrons. The van der Waals surface area contributed by atoms with Gasteiger partial charge in [-0.2, -0.15) is 0 Å². The molecule has 0 spiro atoms. The Morgan fingerprint density at radius 3 is 3.12 bits per heavy atom. The third-order valence-corrected chi connectivity index (χ3v) is 2.79. The molecule has 6 heteroatoms. The Balaban J connectivity index is 2.27. The highest BCUT2D eigenvalue weighted by atomic mass is 32.1. The number of carbonyl (C=O) groups excluding carboxylic acids is 1. The first-order valence-electron chi connectivity index (χ1n) is 4.95. The number of halogens is 1. The van der Waals surface area contributed by atoms with Crippen molar-refractivity contribution >= 4 is 17.3 Å². The van der Waals surface area contributed by atoms with Crippen LogP contribution in [0.2, 0.25) is 0 Å². The van der Waals surface area contributed by atoms with Crippen LogP contribution in [0, 0.1) is 5.82 Å². The standard InChI is InChI=1S/C11H9FN2O2S/c1-2-16-11(15)9-6-17-10(14-9)8-5-7(12)3-4-13-8/h3-6H,2H2,1H3. The number of esters is 1. The Morgan fingerprint density at radius 1 is 1.59 bits per heavy atom. The predicted molar refractivity (Wildman–Crippen MR) is 61.3 cm³/mol. The second kappa shape index (κ2) is 5.01. The Kier molecular flexibility index (Phi) is 3.43. The number of aromatic nitrogens is 2. The maximum Gasteiger partial charge on any atom is 0.357 e. The van der Waals surface area contributed by atoms with Crippen molar-refractivity contribution in [1.29, 1.82) is 0 Å². The smallest absolute Gasteiger partial charge is 0.357 e. The Labute approximate surface area is 101 Å². The van der Waals surface area contributed by atoms with E-state index in [9.17, 15) is 9.18 Å². The summed E-state index contributed by atoms with van der Waals surface area (Å²) in [6.07, 6.45) is 1.36. The molecule has 0 aromatic carbocycles. The molecule has 0 aliphatic heterocycles. The van der Waals surface area contributed by atoms with Crippen LogP contribution in [0.3, 0.4) is 0 Å². The number of rotatable bonds is 3. The molecule has 0 N–H and O–H groups in total. The summed E-state index contributed by atoms with van der Waals surface area (Å²) in [4.78, 5) is 19.4. The van der Waals surface area contributed by atoms with Crippen molar-refractivity contribution in [2.75, 3.05) is 6.61 Å². The molecular weight excluding hydrogens is 243 g/mol. The lowest BCUT2D eigenvalue weighted by Gasteiger charge is -1.96. The van der Waals surface area contributed by atoms with Gasteiger partial charge < -0.3 is 4.74 Å². The fourth-order valence-corrected chi connectivity index (χ4v) is 1.97. The SMILES string of the molecule is CCOC(=O)c1csc(-c2cc(F)ccn2)n1. The largest absolute Gasteiger partial charge is 0.461 e. The van der Waals surface area contributed by atoms with Gasteiger partial charge in [0.15, 0.2) is 5.69 Å². The zero-order valence-electron chi connectivity index (χ0n) is 9.01. The van der Waals surface area contributed by atoms with E-state index in [4.69, 9.17) is 4.74 Å². The summed E-state index contributed by atoms with van der Waals surface area (Å²) in [6.45, 7) is 2.02. The molecule has 2 rings (SSSR count). The first kappa shape index (κ1) is 11.7. The summed E-state index contributed by atoms with van der Waals surface area (Å²) in [6, 6.07) is 2.52. The van der Waals surface area contributed by atoms with Crippen LogP contribution in [0.5, 0.6) is 0 Å². The van der Waals surface area contributed by atoms with Crippen molar-refractivity contribution < 1.29 is 13.9 Å². The van der Waals surface area contributed by atoms with Crippen LogP contribution in [0.1, 0.15) is 17.4 Å². The van der Waals surface area contributed by atoms with Crippen LogP contribution < -0.4 is 0 Å². The number of ether oxygens (including phenoxy) is 1. The molecule has 0 aliphatic carbocycles. The second-order valence-corrected chi connectivity index (χ2v) is 3.98. The van der Waals surface area contributed by atoms with E-state index >= 15 is 0 Å². The molecular formula is C11H9FN2O2S. The van der Waals surface area contributed by atoms with Gasteiger partial charge in [0.1, 0.15) is 16.5 Å². The normalized spacial score (nSPS) is 10.2. The van der Waals surface area contributed by atoms with E-state index < -0.39 is 5.97 Å². The van der Waals surface area contributed by atoms with Gasteiger partial charge in [-0.05, 0) is 13.0 Å². The van der Waals surface area contributed by atoms with Crippen molar-refractivity contribution in [3.63, 3.8) is 0 Å². The minimum absolute atomic E-state index is 0.220. The number of hydrogen-bond acceptors (Lipinski definition) is 5. The lowest BCUT2D eigenvalue weighted by molar-refractivity contribution is 0.0520. The van der Waals surface area contributed by atoms with E-state index in [2.05, 4.69) is 9.97 Å². The Hall–Kier alpha value is -1.82. The molecule has 2 aromatic heterocycles. The predicted octanol–water partition coefficient (Wildman–Crippen LogP) is 2.52. The van der Waals surface area contributed by atoms with Crippen molar-refractivity contribution in [2.24, 2.45) is 0 Å². The van der Waals surface area contributed by atoms with Gasteiger partial charge in [-0.25, -0.2) is 14.2 Å². The Morgan fingerprint density at radius 2 is 2.41 bits per heavy atom. The average Bonchev–Trinajstić information content (AvgIpc) is 2.78. The monoisotopic (exact) mass is 252 g/mol. The average molecular weight is 252 g/mol. The van der Waals surface area contributed by atoms with Crippen LogP contribution in [0.4, 0.5) is 4.39 Å². The topological polar surface area (TPSA) is 52.1 Å². The molecule has 0 fully saturated rings. The van der Waals surface area contributed by atoms with Crippen molar-refractivity contribution in [1.82, 2.24) is 9.97 Å². The lowest BCUT2D eigenvalue weighted by Crippen LogP contribution is -2.04. The minimum Gasteiger partial charge on any atom is -0.461 e. The molecule has 0 atom stereocenters. The molecule has 88 valence electrons. The van der Waals surface area contributed by atoms with Gasteiger partial charge in [0.05, 0.1) is 6.61 Å². The zero-order chi connectivity index (χ0) is 12.3. The molecule has 2 aromatic rings. The van der Waals surface area contributed by atoms with E-state index in [-0.39, 0.29) is 11.5 Å². The maximum atomic E-state index is 13.0. The van der Waals surface area contributed by atoms with Crippen LogP contribution in [0.15, 0.2) is 23.7 Å². The van der Waals surface area contributed by atoms with Crippen LogP contribution >= 0.6 is 11.3 Å². The van der Waals surface area contributed by atoms with Gasteiger partial charge in [0.25, 0.3) is 0 Å². The highest BCUT2D eigenvalue weighted by Crippen LogP contribution is 2.22. The van der Waals surface area contributed by atoms with Crippen LogP contribution in [-0.4, -0.2) is 22.5 Å². The van der Waals surface area contributed by atoms with E-state index in [1.165, 1.54) is 29.7 Å².